The molecule has 7 amide bonds. The number of nitrogens with two attached hydrogens (primary N) is 2. The number of benzene rings is 2. The molecule has 1 heterocycles. The number of hydrogen-bond donors (Lipinski definition) is 11. The quantitative estimate of drug-likeness (QED) is 0.0596. The highest BCUT2D eigenvalue weighted by Crippen LogP contribution is 2.34. The molecule has 0 radical (unpaired) electrons. The van der Waals surface area contributed by atoms with Crippen molar-refractivity contribution in [3.63, 3.8) is 0 Å². The van der Waals surface area contributed by atoms with E-state index >= 15 is 13.2 Å². The highest BCUT2D eigenvalue weighted by molar-refractivity contribution is 6.01. The molecule has 0 spiro atoms. The van der Waals surface area contributed by atoms with E-state index in [0.29, 0.717) is 5.56 Å². The minimum absolute atomic E-state index is 0.0242. The molecule has 1 saturated heterocycles. The number of nitrogens with zero attached hydrogens (tertiary/aromatic N) is 1. The minimum atomic E-state index is -5.79. The van der Waals surface area contributed by atoms with Crippen molar-refractivity contribution in [2.45, 2.75) is 94.3 Å². The van der Waals surface area contributed by atoms with Crippen molar-refractivity contribution < 1.29 is 66.5 Å². The first-order valence-corrected chi connectivity index (χ1v) is 19.8. The van der Waals surface area contributed by atoms with Crippen LogP contribution in [0.15, 0.2) is 65.7 Å². The van der Waals surface area contributed by atoms with Gasteiger partial charge >= 0.3 is 18.1 Å². The Labute approximate surface area is 364 Å². The Morgan fingerprint density at radius 3 is 1.78 bits per heavy atom. The molecule has 6 atom stereocenters. The molecule has 24 heteroatoms. The number of carboxylic acids is 2. The van der Waals surface area contributed by atoms with Crippen LogP contribution in [0.5, 0.6) is 0 Å². The van der Waals surface area contributed by atoms with Crippen molar-refractivity contribution in [2.75, 3.05) is 13.1 Å². The summed E-state index contributed by atoms with van der Waals surface area (Å²) in [5.74, 6) is -14.4. The predicted octanol–water partition coefficient (Wildman–Crippen LogP) is -1.90. The minimum Gasteiger partial charge on any atom is -0.481 e. The summed E-state index contributed by atoms with van der Waals surface area (Å²) in [4.78, 5) is 124. The normalized spacial score (nSPS) is 23.4. The summed E-state index contributed by atoms with van der Waals surface area (Å²) in [6, 6.07) is 4.95. The number of guanidine groups is 1. The standard InChI is InChI=1S/C40H51F3N10O11/c1-21(2)31-36(63)49-24(14-9-15-46-38(44)45)32(59)47-20-28(54)48-27(18-30(57)58)35(62)53-39(40(41,42)43,19-23-12-7-4-8-13-23)37(64)51-26(17-29(55)56)33(60)50-25(34(61)52-31)16-22-10-5-3-6-11-22/h3-8,10-13,21,24-27,31H,9,14-20H2,1-2H3,(H,47,59)(H,48,54)(H,49,63)(H,50,60)(H,51,64)(H,52,61)(H,53,62)(H,55,56)(H,57,58)(H4,44,45,46)/t24-,25+,26-,27-,31-,39-/m0/s1. The van der Waals surface area contributed by atoms with Gasteiger partial charge in [0.15, 0.2) is 5.96 Å². The molecule has 0 aliphatic carbocycles. The zero-order chi connectivity index (χ0) is 47.8. The first-order valence-electron chi connectivity index (χ1n) is 19.8. The summed E-state index contributed by atoms with van der Waals surface area (Å²) >= 11 is 0. The van der Waals surface area contributed by atoms with E-state index in [2.05, 4.69) is 26.3 Å². The van der Waals surface area contributed by atoms with Gasteiger partial charge in [0.05, 0.1) is 19.4 Å². The van der Waals surface area contributed by atoms with Crippen LogP contribution in [0.3, 0.4) is 0 Å². The number of halogens is 3. The number of alkyl halides is 3. The van der Waals surface area contributed by atoms with E-state index in [-0.39, 0.29) is 37.3 Å². The van der Waals surface area contributed by atoms with E-state index in [4.69, 9.17) is 11.5 Å². The summed E-state index contributed by atoms with van der Waals surface area (Å²) < 4.78 is 46.6. The lowest BCUT2D eigenvalue weighted by Gasteiger charge is -2.37. The Morgan fingerprint density at radius 1 is 0.719 bits per heavy atom. The molecule has 2 aromatic carbocycles. The fourth-order valence-corrected chi connectivity index (χ4v) is 6.42. The zero-order valence-electron chi connectivity index (χ0n) is 34.7. The van der Waals surface area contributed by atoms with Gasteiger partial charge in [-0.1, -0.05) is 74.5 Å². The van der Waals surface area contributed by atoms with E-state index in [1.807, 2.05) is 5.32 Å². The van der Waals surface area contributed by atoms with Crippen LogP contribution in [-0.4, -0.2) is 124 Å². The van der Waals surface area contributed by atoms with Crippen molar-refractivity contribution in [3.05, 3.63) is 71.8 Å². The third kappa shape index (κ3) is 15.3. The van der Waals surface area contributed by atoms with Gasteiger partial charge in [-0.3, -0.25) is 48.1 Å². The molecule has 1 fully saturated rings. The molecule has 0 unspecified atom stereocenters. The number of carbonyl (C=O) groups is 9. The number of hydrogen-bond acceptors (Lipinski definition) is 10. The van der Waals surface area contributed by atoms with Crippen LogP contribution in [0.25, 0.3) is 0 Å². The third-order valence-corrected chi connectivity index (χ3v) is 9.72. The van der Waals surface area contributed by atoms with Gasteiger partial charge < -0.3 is 58.9 Å². The molecule has 13 N–H and O–H groups in total. The van der Waals surface area contributed by atoms with Crippen LogP contribution in [-0.2, 0) is 56.0 Å². The van der Waals surface area contributed by atoms with Crippen LogP contribution in [0.4, 0.5) is 13.2 Å². The predicted molar refractivity (Wildman–Crippen MR) is 219 cm³/mol. The van der Waals surface area contributed by atoms with E-state index in [1.165, 1.54) is 37.4 Å². The lowest BCUT2D eigenvalue weighted by atomic mass is 9.87. The van der Waals surface area contributed by atoms with Gasteiger partial charge in [0, 0.05) is 19.4 Å². The Balaban J connectivity index is 2.25. The van der Waals surface area contributed by atoms with Gasteiger partial charge in [-0.05, 0) is 29.9 Å². The molecule has 348 valence electrons. The molecule has 1 aliphatic heterocycles. The Bertz CT molecular complexity index is 2050. The maximum Gasteiger partial charge on any atom is 0.420 e. The lowest BCUT2D eigenvalue weighted by molar-refractivity contribution is -0.202. The second-order valence-corrected chi connectivity index (χ2v) is 15.1. The molecule has 0 saturated carbocycles. The SMILES string of the molecule is CC(C)[C@@H]1NC(=O)[C@@H](Cc2ccccc2)NC(=O)[C@H](CC(=O)O)NC(=O)[C@@](Cc2ccccc2)(C(F)(F)F)NC(=O)[C@H](CC(=O)O)NC(=O)CNC(=O)[C@H](CCCN=C(N)N)NC1=O. The zero-order valence-corrected chi connectivity index (χ0v) is 34.7. The van der Waals surface area contributed by atoms with Crippen molar-refractivity contribution in [1.82, 2.24) is 37.2 Å². The van der Waals surface area contributed by atoms with Crippen LogP contribution < -0.4 is 48.7 Å². The molecule has 2 aromatic rings. The number of amides is 7. The second-order valence-electron chi connectivity index (χ2n) is 15.1. The number of carbonyl (C=O) groups excluding carboxylic acids is 7. The van der Waals surface area contributed by atoms with E-state index in [0.717, 1.165) is 12.1 Å². The van der Waals surface area contributed by atoms with Crippen molar-refractivity contribution in [2.24, 2.45) is 22.4 Å². The number of carboxylic acid groups (broad SMARTS) is 2. The van der Waals surface area contributed by atoms with Crippen molar-refractivity contribution >= 4 is 59.2 Å². The van der Waals surface area contributed by atoms with Gasteiger partial charge in [0.1, 0.15) is 30.2 Å². The molecular formula is C40H51F3N10O11. The van der Waals surface area contributed by atoms with Crippen LogP contribution in [0.2, 0.25) is 0 Å². The summed E-state index contributed by atoms with van der Waals surface area (Å²) in [5, 5.41) is 34.1. The Kier molecular flexibility index (Phi) is 18.6. The fourth-order valence-electron chi connectivity index (χ4n) is 6.42. The second kappa shape index (κ2) is 23.3. The third-order valence-electron chi connectivity index (χ3n) is 9.72. The molecule has 21 nitrogen and oxygen atoms in total. The largest absolute Gasteiger partial charge is 0.481 e. The highest BCUT2D eigenvalue weighted by Gasteiger charge is 2.62. The number of rotatable bonds is 13. The molecule has 3 rings (SSSR count). The molecule has 64 heavy (non-hydrogen) atoms. The average molecular weight is 905 g/mol. The van der Waals surface area contributed by atoms with Gasteiger partial charge in [-0.25, -0.2) is 0 Å². The summed E-state index contributed by atoms with van der Waals surface area (Å²) in [5.41, 5.74) is 6.87. The van der Waals surface area contributed by atoms with Gasteiger partial charge in [0.2, 0.25) is 41.0 Å². The van der Waals surface area contributed by atoms with Crippen molar-refractivity contribution in [1.29, 1.82) is 0 Å². The van der Waals surface area contributed by atoms with E-state index in [9.17, 15) is 53.4 Å². The smallest absolute Gasteiger partial charge is 0.420 e. The van der Waals surface area contributed by atoms with Gasteiger partial charge in [0.25, 0.3) is 5.91 Å². The molecule has 1 aliphatic rings. The summed E-state index contributed by atoms with van der Waals surface area (Å²) in [6.07, 6.45) is -10.3. The highest BCUT2D eigenvalue weighted by atomic mass is 19.4. The maximum atomic E-state index is 15.5. The molecular weight excluding hydrogens is 853 g/mol. The van der Waals surface area contributed by atoms with Crippen molar-refractivity contribution in [3.8, 4) is 0 Å². The van der Waals surface area contributed by atoms with Crippen LogP contribution in [0.1, 0.15) is 50.7 Å². The van der Waals surface area contributed by atoms with Crippen LogP contribution in [0, 0.1) is 5.92 Å². The van der Waals surface area contributed by atoms with Gasteiger partial charge in [-0.2, -0.15) is 13.2 Å². The Hall–Kier alpha value is -7.27. The van der Waals surface area contributed by atoms with E-state index < -0.39 is 127 Å². The van der Waals surface area contributed by atoms with Gasteiger partial charge in [-0.15, -0.1) is 0 Å². The first-order chi connectivity index (χ1) is 30.0. The fraction of sp³-hybridized carbons (Fsp3) is 0.450. The average Bonchev–Trinajstić information content (AvgIpc) is 3.21. The number of aliphatic carboxylic acids is 2. The lowest BCUT2D eigenvalue weighted by Crippen LogP contribution is -2.72. The topological polar surface area (TPSA) is 343 Å². The van der Waals surface area contributed by atoms with E-state index in [1.54, 1.807) is 35.6 Å². The molecule has 0 aromatic heterocycles. The number of nitrogens with one attached hydrogen (secondary N) is 7. The summed E-state index contributed by atoms with van der Waals surface area (Å²) in [6.45, 7) is 2.01. The van der Waals surface area contributed by atoms with Crippen LogP contribution >= 0.6 is 0 Å². The first kappa shape index (κ1) is 51.1. The number of aliphatic imine (C=N–C) groups is 1. The Morgan fingerprint density at radius 2 is 1.25 bits per heavy atom. The monoisotopic (exact) mass is 904 g/mol. The summed E-state index contributed by atoms with van der Waals surface area (Å²) in [7, 11) is 0. The maximum absolute atomic E-state index is 15.5. The molecule has 0 bridgehead atoms.